The van der Waals surface area contributed by atoms with Crippen molar-refractivity contribution in [3.63, 3.8) is 0 Å². The first kappa shape index (κ1) is 29.1. The van der Waals surface area contributed by atoms with Gasteiger partial charge >= 0.3 is 49.4 Å². The monoisotopic (exact) mass is 618 g/mol. The van der Waals surface area contributed by atoms with Gasteiger partial charge in [0.05, 0.1) is 5.51 Å². The minimum absolute atomic E-state index is 0.628. The van der Waals surface area contributed by atoms with Gasteiger partial charge in [-0.05, 0) is 22.6 Å². The Kier molecular flexibility index (Phi) is 35.7. The second-order valence-electron chi connectivity index (χ2n) is 5.14. The molecule has 6 heteroatoms. The molecule has 2 aromatic rings. The van der Waals surface area contributed by atoms with Gasteiger partial charge in [0, 0.05) is 11.6 Å². The van der Waals surface area contributed by atoms with Crippen molar-refractivity contribution in [2.75, 3.05) is 0 Å². The Morgan fingerprint density at radius 3 is 1.35 bits per heavy atom. The molecule has 0 fully saturated rings. The zero-order valence-corrected chi connectivity index (χ0v) is 22.4. The summed E-state index contributed by atoms with van der Waals surface area (Å²) >= 11 is 8.05. The van der Waals surface area contributed by atoms with Crippen LogP contribution in [-0.2, 0) is 9.47 Å². The molecule has 0 N–H and O–H groups in total. The van der Waals surface area contributed by atoms with Crippen LogP contribution in [0.25, 0.3) is 0 Å². The molecule has 0 amide bonds. The largest absolute Gasteiger partial charge is 0.253 e. The van der Waals surface area contributed by atoms with Crippen molar-refractivity contribution in [3.05, 3.63) is 40.0 Å². The van der Waals surface area contributed by atoms with Crippen molar-refractivity contribution in [2.24, 2.45) is 11.8 Å². The number of hydrogen-bond acceptors (Lipinski definition) is 3. The number of halogens is 2. The Hall–Kier alpha value is 1.37. The van der Waals surface area contributed by atoms with E-state index in [0.717, 1.165) is 11.8 Å². The van der Waals surface area contributed by atoms with E-state index in [-0.39, 0.29) is 0 Å². The van der Waals surface area contributed by atoms with Crippen LogP contribution in [0.3, 0.4) is 0 Å². The molecule has 0 aliphatic rings. The molecule has 2 aromatic heterocycles. The van der Waals surface area contributed by atoms with Gasteiger partial charge < -0.3 is 0 Å². The van der Waals surface area contributed by atoms with Crippen molar-refractivity contribution < 1.29 is 9.47 Å². The molecule has 0 radical (unpaired) electrons. The Bertz CT molecular complexity index is 273. The van der Waals surface area contributed by atoms with Crippen molar-refractivity contribution in [2.45, 2.75) is 54.4 Å². The fourth-order valence-corrected chi connectivity index (χ4v) is 1.21. The minimum Gasteiger partial charge on any atom is -0.253 e. The maximum atomic E-state index is 3.74. The molecule has 1 nitrogen and oxygen atoms in total. The van der Waals surface area contributed by atoms with E-state index >= 15 is 0 Å². The van der Waals surface area contributed by atoms with Crippen LogP contribution in [0.2, 0.25) is 0 Å². The van der Waals surface area contributed by atoms with Crippen molar-refractivity contribution in [1.29, 1.82) is 0 Å². The van der Waals surface area contributed by atoms with Crippen LogP contribution in [0.4, 0.5) is 0 Å². The Labute approximate surface area is 181 Å². The predicted octanol–water partition coefficient (Wildman–Crippen LogP) is 8.76. The number of thiazole rings is 1. The summed E-state index contributed by atoms with van der Waals surface area (Å²) in [6, 6.07) is 4.04. The van der Waals surface area contributed by atoms with Gasteiger partial charge in [0.1, 0.15) is 0 Å². The first-order valence-corrected chi connectivity index (χ1v) is 18.6. The van der Waals surface area contributed by atoms with Crippen LogP contribution in [0.1, 0.15) is 54.4 Å². The van der Waals surface area contributed by atoms with Crippen LogP contribution in [-0.4, -0.2) is 4.98 Å². The SMILES string of the molecule is CCC(C)C.CCC(C)C.[I][V][I].c1ccsc1.c1cscn1. The molecule has 2 heterocycles. The molecule has 0 unspecified atom stereocenters. The van der Waals surface area contributed by atoms with Gasteiger partial charge in [0.25, 0.3) is 0 Å². The molecule has 0 saturated heterocycles. The van der Waals surface area contributed by atoms with E-state index in [4.69, 9.17) is 0 Å². The maximum Gasteiger partial charge on any atom is 0.0791 e. The average Bonchev–Trinajstić information content (AvgIpc) is 3.26. The zero-order valence-electron chi connectivity index (χ0n) is 15.1. The number of rotatable bonds is 2. The summed E-state index contributed by atoms with van der Waals surface area (Å²) < 4.78 is 0. The number of nitrogens with zero attached hydrogens (tertiary/aromatic N) is 1. The average molecular weight is 618 g/mol. The summed E-state index contributed by atoms with van der Waals surface area (Å²) in [5.74, 6) is 1.77. The second-order valence-corrected chi connectivity index (χ2v) is 18.5. The van der Waals surface area contributed by atoms with E-state index in [0.29, 0.717) is 9.47 Å². The second kappa shape index (κ2) is 28.2. The summed E-state index contributed by atoms with van der Waals surface area (Å²) in [7, 11) is 0.628. The van der Waals surface area contributed by atoms with Crippen molar-refractivity contribution in [1.82, 2.24) is 4.98 Å². The molecule has 135 valence electrons. The molecule has 23 heavy (non-hydrogen) atoms. The molecule has 0 bridgehead atoms. The van der Waals surface area contributed by atoms with Gasteiger partial charge in [0.15, 0.2) is 0 Å². The normalized spacial score (nSPS) is 8.26. The standard InChI is InChI=1S/2C5H12.C4H4S.C3H3NS.2HI.V/c2*1-4-5(2)3;1-2-4-5-3-1;1-2-5-3-4-1;;;/h2*5H,4H2,1-3H3;1-4H;1-3H;2*1H;/q;;;;;;+2/p-2. The van der Waals surface area contributed by atoms with Crippen molar-refractivity contribution in [3.8, 4) is 0 Å². The Morgan fingerprint density at radius 1 is 0.870 bits per heavy atom. The Morgan fingerprint density at radius 2 is 1.26 bits per heavy atom. The van der Waals surface area contributed by atoms with E-state index in [1.807, 2.05) is 28.3 Å². The van der Waals surface area contributed by atoms with Crippen LogP contribution in [0.15, 0.2) is 40.0 Å². The molecule has 0 atom stereocenters. The van der Waals surface area contributed by atoms with E-state index in [1.54, 1.807) is 34.4 Å². The van der Waals surface area contributed by atoms with Crippen LogP contribution < -0.4 is 0 Å². The molecule has 0 spiro atoms. The van der Waals surface area contributed by atoms with Gasteiger partial charge in [-0.2, -0.15) is 11.3 Å². The summed E-state index contributed by atoms with van der Waals surface area (Å²) in [4.78, 5) is 3.74. The van der Waals surface area contributed by atoms with E-state index in [1.165, 1.54) is 12.8 Å². The first-order valence-electron chi connectivity index (χ1n) is 7.67. The summed E-state index contributed by atoms with van der Waals surface area (Å²) in [6.07, 6.45) is 4.38. The topological polar surface area (TPSA) is 12.9 Å². The fraction of sp³-hybridized carbons (Fsp3) is 0.588. The number of hydrogen-bond donors (Lipinski definition) is 0. The molecule has 0 saturated carbocycles. The first-order chi connectivity index (χ1) is 11.0. The third kappa shape index (κ3) is 45.2. The molecular formula is C17H31I2NS2V. The van der Waals surface area contributed by atoms with E-state index in [9.17, 15) is 0 Å². The zero-order chi connectivity index (χ0) is 18.3. The molecule has 0 aromatic carbocycles. The van der Waals surface area contributed by atoms with Crippen molar-refractivity contribution >= 4 is 62.6 Å². The van der Waals surface area contributed by atoms with E-state index < -0.39 is 0 Å². The van der Waals surface area contributed by atoms with Gasteiger partial charge in [-0.1, -0.05) is 66.5 Å². The summed E-state index contributed by atoms with van der Waals surface area (Å²) in [5, 5.41) is 6.01. The van der Waals surface area contributed by atoms with Crippen LogP contribution in [0, 0.1) is 11.8 Å². The maximum absolute atomic E-state index is 3.74. The minimum atomic E-state index is 0.628. The van der Waals surface area contributed by atoms with Crippen LogP contribution >= 0.6 is 62.6 Å². The molecule has 0 aliphatic heterocycles. The molecular weight excluding hydrogens is 587 g/mol. The smallest absolute Gasteiger partial charge is 0.0791 e. The Balaban J connectivity index is -0.000000220. The summed E-state index contributed by atoms with van der Waals surface area (Å²) in [5.41, 5.74) is 1.79. The van der Waals surface area contributed by atoms with E-state index in [2.05, 4.69) is 86.5 Å². The predicted molar refractivity (Wildman–Crippen MR) is 125 cm³/mol. The number of aromatic nitrogens is 1. The third-order valence-electron chi connectivity index (χ3n) is 2.41. The summed E-state index contributed by atoms with van der Waals surface area (Å²) in [6.45, 7) is 13.3. The van der Waals surface area contributed by atoms with Gasteiger partial charge in [-0.15, -0.1) is 11.3 Å². The van der Waals surface area contributed by atoms with Crippen LogP contribution in [0.5, 0.6) is 0 Å². The fourth-order valence-electron chi connectivity index (χ4n) is 0.402. The number of thiophene rings is 1. The third-order valence-corrected chi connectivity index (χ3v) is 3.56. The quantitative estimate of drug-likeness (QED) is 0.307. The van der Waals surface area contributed by atoms with Gasteiger partial charge in [0.2, 0.25) is 0 Å². The van der Waals surface area contributed by atoms with Gasteiger partial charge in [-0.3, -0.25) is 4.98 Å². The molecule has 0 aliphatic carbocycles. The van der Waals surface area contributed by atoms with Gasteiger partial charge in [-0.25, -0.2) is 0 Å². The molecule has 2 rings (SSSR count).